The van der Waals surface area contributed by atoms with E-state index in [1.165, 1.54) is 12.1 Å². The maximum Gasteiger partial charge on any atom is 0.336 e. The highest BCUT2D eigenvalue weighted by Crippen LogP contribution is 2.28. The van der Waals surface area contributed by atoms with Gasteiger partial charge in [0.1, 0.15) is 12.4 Å². The summed E-state index contributed by atoms with van der Waals surface area (Å²) in [4.78, 5) is 16.6. The van der Waals surface area contributed by atoms with Crippen LogP contribution in [0.2, 0.25) is 0 Å². The molecule has 0 spiro atoms. The second-order valence-electron chi connectivity index (χ2n) is 7.35. The molecule has 1 saturated carbocycles. The molecule has 2 aromatic carbocycles. The van der Waals surface area contributed by atoms with E-state index in [2.05, 4.69) is 15.4 Å². The zero-order chi connectivity index (χ0) is 21.6. The minimum atomic E-state index is -0.324. The van der Waals surface area contributed by atoms with Crippen molar-refractivity contribution < 1.29 is 18.7 Å². The molecule has 31 heavy (non-hydrogen) atoms. The number of benzene rings is 2. The van der Waals surface area contributed by atoms with Crippen LogP contribution in [0.25, 0.3) is 17.1 Å². The number of hydrogen-bond acceptors (Lipinski definition) is 5. The van der Waals surface area contributed by atoms with Crippen molar-refractivity contribution in [2.45, 2.75) is 26.2 Å². The van der Waals surface area contributed by atoms with Crippen LogP contribution in [0.4, 0.5) is 10.1 Å². The van der Waals surface area contributed by atoms with Crippen molar-refractivity contribution >= 4 is 11.6 Å². The van der Waals surface area contributed by atoms with Gasteiger partial charge in [0.15, 0.2) is 5.82 Å². The number of amides is 1. The number of ether oxygens (including phenoxy) is 2. The van der Waals surface area contributed by atoms with Gasteiger partial charge in [0.2, 0.25) is 5.91 Å². The smallest absolute Gasteiger partial charge is 0.336 e. The average Bonchev–Trinajstić information content (AvgIpc) is 3.15. The maximum atomic E-state index is 13.4. The van der Waals surface area contributed by atoms with Crippen LogP contribution >= 0.6 is 0 Å². The highest BCUT2D eigenvalue weighted by Gasteiger charge is 2.25. The van der Waals surface area contributed by atoms with Crippen LogP contribution in [0.1, 0.15) is 26.2 Å². The summed E-state index contributed by atoms with van der Waals surface area (Å²) >= 11 is 0. The summed E-state index contributed by atoms with van der Waals surface area (Å²) in [5.74, 6) is 0.389. The summed E-state index contributed by atoms with van der Waals surface area (Å²) < 4.78 is 25.9. The summed E-state index contributed by atoms with van der Waals surface area (Å²) in [6.07, 6.45) is 3.02. The lowest BCUT2D eigenvalue weighted by Crippen LogP contribution is -2.27. The lowest BCUT2D eigenvalue weighted by atomic mass is 9.85. The molecule has 1 aliphatic carbocycles. The van der Waals surface area contributed by atoms with Gasteiger partial charge in [-0.15, -0.1) is 5.10 Å². The fourth-order valence-electron chi connectivity index (χ4n) is 3.26. The molecular formula is C23H25FN4O3. The van der Waals surface area contributed by atoms with Gasteiger partial charge in [-0.1, -0.05) is 6.42 Å². The Morgan fingerprint density at radius 1 is 1.13 bits per heavy atom. The molecule has 1 amide bonds. The molecule has 1 aliphatic rings. The minimum Gasteiger partial charge on any atom is -0.460 e. The molecule has 1 fully saturated rings. The third-order valence-electron chi connectivity index (χ3n) is 5.21. The first-order valence-electron chi connectivity index (χ1n) is 10.5. The summed E-state index contributed by atoms with van der Waals surface area (Å²) in [6.45, 7) is 3.28. The molecule has 7 nitrogen and oxygen atoms in total. The van der Waals surface area contributed by atoms with Crippen molar-refractivity contribution in [1.82, 2.24) is 14.8 Å². The Balaban J connectivity index is 1.56. The fourth-order valence-corrected chi connectivity index (χ4v) is 3.26. The summed E-state index contributed by atoms with van der Waals surface area (Å²) in [7, 11) is 0. The lowest BCUT2D eigenvalue weighted by Gasteiger charge is -2.24. The lowest BCUT2D eigenvalue weighted by molar-refractivity contribution is -0.122. The van der Waals surface area contributed by atoms with Crippen LogP contribution in [0.15, 0.2) is 48.5 Å². The Morgan fingerprint density at radius 2 is 1.87 bits per heavy atom. The van der Waals surface area contributed by atoms with Crippen molar-refractivity contribution in [3.05, 3.63) is 54.3 Å². The summed E-state index contributed by atoms with van der Waals surface area (Å²) in [6, 6.07) is 13.6. The van der Waals surface area contributed by atoms with Gasteiger partial charge in [-0.3, -0.25) is 4.79 Å². The summed E-state index contributed by atoms with van der Waals surface area (Å²) in [5, 5.41) is 7.42. The standard InChI is InChI=1S/C23H25FN4O3/c1-2-30-14-15-31-23-26-21(16-6-8-18(24)9-7-16)28(27-23)20-12-10-19(11-13-20)25-22(29)17-4-3-5-17/h6-13,17H,2-5,14-15H2,1H3,(H,25,29). The van der Waals surface area contributed by atoms with Crippen molar-refractivity contribution in [3.63, 3.8) is 0 Å². The topological polar surface area (TPSA) is 78.3 Å². The molecule has 0 radical (unpaired) electrons. The van der Waals surface area contributed by atoms with Gasteiger partial charge < -0.3 is 14.8 Å². The predicted molar refractivity (Wildman–Crippen MR) is 115 cm³/mol. The van der Waals surface area contributed by atoms with E-state index in [1.54, 1.807) is 16.8 Å². The van der Waals surface area contributed by atoms with Crippen molar-refractivity contribution in [2.75, 3.05) is 25.1 Å². The molecule has 0 unspecified atom stereocenters. The van der Waals surface area contributed by atoms with Gasteiger partial charge in [-0.25, -0.2) is 9.07 Å². The molecule has 0 bridgehead atoms. The van der Waals surface area contributed by atoms with E-state index in [9.17, 15) is 9.18 Å². The average molecular weight is 424 g/mol. The predicted octanol–water partition coefficient (Wildman–Crippen LogP) is 4.23. The molecule has 4 rings (SSSR count). The SMILES string of the molecule is CCOCCOc1nc(-c2ccc(F)cc2)n(-c2ccc(NC(=O)C3CCC3)cc2)n1. The number of aromatic nitrogens is 3. The van der Waals surface area contributed by atoms with Crippen LogP contribution in [0.3, 0.4) is 0 Å². The molecule has 0 atom stereocenters. The van der Waals surface area contributed by atoms with E-state index in [-0.39, 0.29) is 23.7 Å². The number of carbonyl (C=O) groups is 1. The van der Waals surface area contributed by atoms with E-state index >= 15 is 0 Å². The van der Waals surface area contributed by atoms with Crippen molar-refractivity contribution in [3.8, 4) is 23.1 Å². The number of carbonyl (C=O) groups excluding carboxylic acids is 1. The molecule has 1 N–H and O–H groups in total. The number of rotatable bonds is 9. The van der Waals surface area contributed by atoms with E-state index in [0.29, 0.717) is 31.2 Å². The maximum absolute atomic E-state index is 13.4. The number of nitrogens with zero attached hydrogens (tertiary/aromatic N) is 3. The van der Waals surface area contributed by atoms with Crippen LogP contribution in [0.5, 0.6) is 6.01 Å². The largest absolute Gasteiger partial charge is 0.460 e. The molecule has 8 heteroatoms. The number of anilines is 1. The fraction of sp³-hybridized carbons (Fsp3) is 0.348. The molecule has 0 aliphatic heterocycles. The van der Waals surface area contributed by atoms with E-state index in [1.807, 2.05) is 31.2 Å². The third kappa shape index (κ3) is 5.08. The Morgan fingerprint density at radius 3 is 2.52 bits per heavy atom. The Hall–Kier alpha value is -3.26. The molecule has 162 valence electrons. The normalized spacial score (nSPS) is 13.6. The van der Waals surface area contributed by atoms with E-state index in [0.717, 1.165) is 30.6 Å². The van der Waals surface area contributed by atoms with Crippen LogP contribution in [0, 0.1) is 11.7 Å². The quantitative estimate of drug-likeness (QED) is 0.520. The number of nitrogens with one attached hydrogen (secondary N) is 1. The van der Waals surface area contributed by atoms with Crippen LogP contribution in [-0.2, 0) is 9.53 Å². The van der Waals surface area contributed by atoms with Crippen molar-refractivity contribution in [2.24, 2.45) is 5.92 Å². The monoisotopic (exact) mass is 424 g/mol. The Bertz CT molecular complexity index is 1010. The molecule has 1 aromatic heterocycles. The first-order chi connectivity index (χ1) is 15.1. The van der Waals surface area contributed by atoms with Gasteiger partial charge in [0.05, 0.1) is 12.3 Å². The summed E-state index contributed by atoms with van der Waals surface area (Å²) in [5.41, 5.74) is 2.18. The second-order valence-corrected chi connectivity index (χ2v) is 7.35. The molecule has 0 saturated heterocycles. The van der Waals surface area contributed by atoms with Crippen LogP contribution in [-0.4, -0.2) is 40.5 Å². The third-order valence-corrected chi connectivity index (χ3v) is 5.21. The number of halogens is 1. The van der Waals surface area contributed by atoms with Gasteiger partial charge in [-0.2, -0.15) is 4.98 Å². The number of hydrogen-bond donors (Lipinski definition) is 1. The van der Waals surface area contributed by atoms with Gasteiger partial charge in [0.25, 0.3) is 0 Å². The van der Waals surface area contributed by atoms with E-state index < -0.39 is 0 Å². The van der Waals surface area contributed by atoms with Gasteiger partial charge in [0, 0.05) is 23.8 Å². The second kappa shape index (κ2) is 9.70. The highest BCUT2D eigenvalue weighted by atomic mass is 19.1. The first kappa shape index (κ1) is 21.0. The molecule has 3 aromatic rings. The van der Waals surface area contributed by atoms with Crippen LogP contribution < -0.4 is 10.1 Å². The molecular weight excluding hydrogens is 399 g/mol. The molecule has 1 heterocycles. The zero-order valence-electron chi connectivity index (χ0n) is 17.4. The first-order valence-corrected chi connectivity index (χ1v) is 10.5. The van der Waals surface area contributed by atoms with Crippen molar-refractivity contribution in [1.29, 1.82) is 0 Å². The zero-order valence-corrected chi connectivity index (χ0v) is 17.4. The Labute approximate surface area is 180 Å². The van der Waals surface area contributed by atoms with Gasteiger partial charge in [-0.05, 0) is 68.3 Å². The highest BCUT2D eigenvalue weighted by molar-refractivity contribution is 5.93. The van der Waals surface area contributed by atoms with Gasteiger partial charge >= 0.3 is 6.01 Å². The minimum absolute atomic E-state index is 0.0664. The Kier molecular flexibility index (Phi) is 6.57. The van der Waals surface area contributed by atoms with E-state index in [4.69, 9.17) is 9.47 Å².